The lowest BCUT2D eigenvalue weighted by molar-refractivity contribution is -0.140. The van der Waals surface area contributed by atoms with Crippen molar-refractivity contribution in [2.45, 2.75) is 45.1 Å². The van der Waals surface area contributed by atoms with Gasteiger partial charge >= 0.3 is 5.97 Å². The van der Waals surface area contributed by atoms with Gasteiger partial charge in [-0.1, -0.05) is 29.8 Å². The zero-order chi connectivity index (χ0) is 19.5. The van der Waals surface area contributed by atoms with E-state index in [1.165, 1.54) is 18.2 Å². The van der Waals surface area contributed by atoms with Crippen molar-refractivity contribution in [2.24, 2.45) is 10.9 Å². The number of carbonyl (C=O) groups is 1. The third-order valence-electron chi connectivity index (χ3n) is 4.93. The van der Waals surface area contributed by atoms with Crippen molar-refractivity contribution >= 4 is 11.9 Å². The lowest BCUT2D eigenvalue weighted by atomic mass is 9.89. The van der Waals surface area contributed by atoms with E-state index in [1.54, 1.807) is 7.05 Å². The van der Waals surface area contributed by atoms with Crippen LogP contribution in [0.15, 0.2) is 29.3 Å². The van der Waals surface area contributed by atoms with Crippen molar-refractivity contribution in [1.82, 2.24) is 10.6 Å². The molecule has 0 aliphatic carbocycles. The summed E-state index contributed by atoms with van der Waals surface area (Å²) in [5.41, 5.74) is 2.51. The van der Waals surface area contributed by atoms with Crippen LogP contribution in [0.1, 0.15) is 49.3 Å². The molecule has 0 amide bonds. The molecule has 1 heterocycles. The number of benzene rings is 1. The van der Waals surface area contributed by atoms with Gasteiger partial charge in [-0.25, -0.2) is 0 Å². The SMILES string of the molecule is CN=C(NCCCCC(=O)OC)NCC1CCCOC1c1ccc(C)cc1. The molecule has 1 fully saturated rings. The molecule has 150 valence electrons. The fraction of sp³-hybridized carbons (Fsp3) is 0.619. The number of hydrogen-bond acceptors (Lipinski definition) is 4. The van der Waals surface area contributed by atoms with E-state index in [4.69, 9.17) is 4.74 Å². The van der Waals surface area contributed by atoms with E-state index >= 15 is 0 Å². The Labute approximate surface area is 162 Å². The first kappa shape index (κ1) is 21.2. The molecule has 1 aromatic rings. The molecule has 1 aliphatic heterocycles. The number of ether oxygens (including phenoxy) is 2. The summed E-state index contributed by atoms with van der Waals surface area (Å²) in [6.07, 6.45) is 4.53. The van der Waals surface area contributed by atoms with E-state index in [9.17, 15) is 4.79 Å². The molecular weight excluding hydrogens is 342 g/mol. The minimum atomic E-state index is -0.156. The van der Waals surface area contributed by atoms with E-state index < -0.39 is 0 Å². The number of nitrogens with zero attached hydrogens (tertiary/aromatic N) is 1. The average Bonchev–Trinajstić information content (AvgIpc) is 2.70. The summed E-state index contributed by atoms with van der Waals surface area (Å²) in [5, 5.41) is 6.74. The van der Waals surface area contributed by atoms with Crippen LogP contribution in [0.3, 0.4) is 0 Å². The smallest absolute Gasteiger partial charge is 0.305 e. The molecule has 2 unspecified atom stereocenters. The molecule has 0 spiro atoms. The minimum absolute atomic E-state index is 0.130. The molecule has 1 saturated heterocycles. The van der Waals surface area contributed by atoms with Crippen molar-refractivity contribution in [3.8, 4) is 0 Å². The Morgan fingerprint density at radius 2 is 2.04 bits per heavy atom. The second-order valence-corrected chi connectivity index (χ2v) is 7.02. The lowest BCUT2D eigenvalue weighted by Crippen LogP contribution is -2.42. The molecular formula is C21H33N3O3. The maximum absolute atomic E-state index is 11.1. The predicted octanol–water partition coefficient (Wildman–Crippen LogP) is 2.97. The van der Waals surface area contributed by atoms with E-state index in [-0.39, 0.29) is 12.1 Å². The maximum atomic E-state index is 11.1. The zero-order valence-electron chi connectivity index (χ0n) is 16.8. The van der Waals surface area contributed by atoms with Gasteiger partial charge < -0.3 is 20.1 Å². The van der Waals surface area contributed by atoms with Gasteiger partial charge in [0.1, 0.15) is 0 Å². The van der Waals surface area contributed by atoms with Crippen LogP contribution < -0.4 is 10.6 Å². The summed E-state index contributed by atoms with van der Waals surface area (Å²) in [6.45, 7) is 4.52. The summed E-state index contributed by atoms with van der Waals surface area (Å²) < 4.78 is 10.7. The van der Waals surface area contributed by atoms with Gasteiger partial charge in [-0.3, -0.25) is 9.79 Å². The van der Waals surface area contributed by atoms with Crippen molar-refractivity contribution in [3.05, 3.63) is 35.4 Å². The number of carbonyl (C=O) groups excluding carboxylic acids is 1. The standard InChI is InChI=1S/C21H33N3O3/c1-16-9-11-17(12-10-16)20-18(7-6-14-27-20)15-24-21(22-2)23-13-5-4-8-19(25)26-3/h9-12,18,20H,4-8,13-15H2,1-3H3,(H2,22,23,24). The largest absolute Gasteiger partial charge is 0.469 e. The van der Waals surface area contributed by atoms with Gasteiger partial charge in [0.2, 0.25) is 0 Å². The normalized spacial score (nSPS) is 20.2. The van der Waals surface area contributed by atoms with Gasteiger partial charge in [0.05, 0.1) is 13.2 Å². The van der Waals surface area contributed by atoms with E-state index in [1.807, 2.05) is 0 Å². The number of aryl methyl sites for hydroxylation is 1. The first-order chi connectivity index (χ1) is 13.1. The number of methoxy groups -OCH3 is 1. The molecule has 0 aromatic heterocycles. The van der Waals surface area contributed by atoms with Gasteiger partial charge in [-0.15, -0.1) is 0 Å². The van der Waals surface area contributed by atoms with Gasteiger partial charge in [-0.05, 0) is 38.2 Å². The number of nitrogens with one attached hydrogen (secondary N) is 2. The second-order valence-electron chi connectivity index (χ2n) is 7.02. The number of esters is 1. The first-order valence-corrected chi connectivity index (χ1v) is 9.83. The van der Waals surface area contributed by atoms with E-state index in [0.717, 1.165) is 51.3 Å². The molecule has 2 N–H and O–H groups in total. The molecule has 6 heteroatoms. The number of unbranched alkanes of at least 4 members (excludes halogenated alkanes) is 1. The van der Waals surface area contributed by atoms with Crippen LogP contribution in [0.2, 0.25) is 0 Å². The van der Waals surface area contributed by atoms with Crippen LogP contribution >= 0.6 is 0 Å². The fourth-order valence-corrected chi connectivity index (χ4v) is 3.33. The fourth-order valence-electron chi connectivity index (χ4n) is 3.33. The van der Waals surface area contributed by atoms with E-state index in [0.29, 0.717) is 12.3 Å². The molecule has 0 radical (unpaired) electrons. The summed E-state index contributed by atoms with van der Waals surface area (Å²) >= 11 is 0. The van der Waals surface area contributed by atoms with Crippen LogP contribution in [-0.2, 0) is 14.3 Å². The van der Waals surface area contributed by atoms with Crippen LogP contribution in [-0.4, -0.2) is 45.8 Å². The van der Waals surface area contributed by atoms with Crippen LogP contribution in [0.5, 0.6) is 0 Å². The Morgan fingerprint density at radius 1 is 1.26 bits per heavy atom. The molecule has 27 heavy (non-hydrogen) atoms. The average molecular weight is 376 g/mol. The van der Waals surface area contributed by atoms with Crippen LogP contribution in [0.4, 0.5) is 0 Å². The highest BCUT2D eigenvalue weighted by Gasteiger charge is 2.27. The Balaban J connectivity index is 1.77. The summed E-state index contributed by atoms with van der Waals surface area (Å²) in [7, 11) is 3.20. The third kappa shape index (κ3) is 7.21. The highest BCUT2D eigenvalue weighted by molar-refractivity contribution is 5.79. The Bertz CT molecular complexity index is 601. The van der Waals surface area contributed by atoms with Crippen molar-refractivity contribution in [1.29, 1.82) is 0 Å². The predicted molar refractivity (Wildman–Crippen MR) is 108 cm³/mol. The van der Waals surface area contributed by atoms with Crippen molar-refractivity contribution in [3.63, 3.8) is 0 Å². The molecule has 2 rings (SSSR count). The molecule has 1 aliphatic rings. The van der Waals surface area contributed by atoms with Crippen LogP contribution in [0, 0.1) is 12.8 Å². The molecule has 0 bridgehead atoms. The molecule has 6 nitrogen and oxygen atoms in total. The van der Waals surface area contributed by atoms with E-state index in [2.05, 4.69) is 51.6 Å². The molecule has 2 atom stereocenters. The zero-order valence-corrected chi connectivity index (χ0v) is 16.8. The highest BCUT2D eigenvalue weighted by Crippen LogP contribution is 2.33. The third-order valence-corrected chi connectivity index (χ3v) is 4.93. The van der Waals surface area contributed by atoms with Gasteiger partial charge in [0, 0.05) is 39.1 Å². The van der Waals surface area contributed by atoms with Crippen molar-refractivity contribution in [2.75, 3.05) is 33.9 Å². The highest BCUT2D eigenvalue weighted by atomic mass is 16.5. The van der Waals surface area contributed by atoms with Crippen LogP contribution in [0.25, 0.3) is 0 Å². The number of hydrogen-bond donors (Lipinski definition) is 2. The number of rotatable bonds is 8. The number of guanidine groups is 1. The minimum Gasteiger partial charge on any atom is -0.469 e. The Kier molecular flexibility index (Phi) is 9.11. The second kappa shape index (κ2) is 11.6. The quantitative estimate of drug-likeness (QED) is 0.316. The monoisotopic (exact) mass is 375 g/mol. The maximum Gasteiger partial charge on any atom is 0.305 e. The topological polar surface area (TPSA) is 72.0 Å². The Morgan fingerprint density at radius 3 is 2.74 bits per heavy atom. The van der Waals surface area contributed by atoms with Crippen molar-refractivity contribution < 1.29 is 14.3 Å². The summed E-state index contributed by atoms with van der Waals surface area (Å²) in [6, 6.07) is 8.64. The van der Waals surface area contributed by atoms with Gasteiger partial charge in [0.15, 0.2) is 5.96 Å². The lowest BCUT2D eigenvalue weighted by Gasteiger charge is -2.32. The van der Waals surface area contributed by atoms with Gasteiger partial charge in [0.25, 0.3) is 0 Å². The summed E-state index contributed by atoms with van der Waals surface area (Å²) in [5.74, 6) is 1.05. The van der Waals surface area contributed by atoms with Gasteiger partial charge in [-0.2, -0.15) is 0 Å². The Hall–Kier alpha value is -2.08. The number of aliphatic imine (C=N–C) groups is 1. The first-order valence-electron chi connectivity index (χ1n) is 9.83. The molecule has 0 saturated carbocycles. The molecule has 1 aromatic carbocycles. The summed E-state index contributed by atoms with van der Waals surface area (Å²) in [4.78, 5) is 15.4.